The lowest BCUT2D eigenvalue weighted by Gasteiger charge is -1.88. The van der Waals surface area contributed by atoms with Gasteiger partial charge in [-0.15, -0.1) is 0 Å². The summed E-state index contributed by atoms with van der Waals surface area (Å²) in [4.78, 5) is 22.1. The highest BCUT2D eigenvalue weighted by molar-refractivity contribution is 5.86. The quantitative estimate of drug-likeness (QED) is 0.871. The molecule has 1 N–H and O–H groups in total. The van der Waals surface area contributed by atoms with Crippen LogP contribution in [0, 0.1) is 0 Å². The van der Waals surface area contributed by atoms with Gasteiger partial charge in [0, 0.05) is 25.1 Å². The molecule has 0 spiro atoms. The van der Waals surface area contributed by atoms with Gasteiger partial charge in [0.25, 0.3) is 0 Å². The van der Waals surface area contributed by atoms with Crippen LogP contribution < -0.4 is 0 Å². The van der Waals surface area contributed by atoms with E-state index in [1.807, 2.05) is 31.9 Å². The van der Waals surface area contributed by atoms with Crippen molar-refractivity contribution in [1.29, 1.82) is 0 Å². The maximum atomic E-state index is 10.3. The summed E-state index contributed by atoms with van der Waals surface area (Å²) in [5, 5.41) is 12.2. The number of aromatic carboxylic acids is 1. The van der Waals surface area contributed by atoms with Crippen LogP contribution in [0.4, 0.5) is 0 Å². The van der Waals surface area contributed by atoms with E-state index < -0.39 is 5.97 Å². The van der Waals surface area contributed by atoms with E-state index >= 15 is 0 Å². The molecule has 0 saturated heterocycles. The molecule has 0 unspecified atom stereocenters. The van der Waals surface area contributed by atoms with Crippen LogP contribution in [0.1, 0.15) is 17.3 Å². The molecule has 18 heavy (non-hydrogen) atoms. The largest absolute Gasteiger partial charge is 0.478 e. The third kappa shape index (κ3) is 6.16. The van der Waals surface area contributed by atoms with Crippen molar-refractivity contribution < 1.29 is 14.7 Å². The van der Waals surface area contributed by atoms with Gasteiger partial charge < -0.3 is 9.90 Å². The molecule has 2 aromatic rings. The smallest absolute Gasteiger partial charge is 0.338 e. The average molecular weight is 249 g/mol. The topological polar surface area (TPSA) is 85.1 Å². The van der Waals surface area contributed by atoms with Crippen molar-refractivity contribution in [2.75, 3.05) is 0 Å². The second-order valence-corrected chi connectivity index (χ2v) is 2.91. The molecule has 0 aliphatic heterocycles. The zero-order valence-electron chi connectivity index (χ0n) is 10.1. The monoisotopic (exact) mass is 249 g/mol. The summed E-state index contributed by atoms with van der Waals surface area (Å²) in [5.41, 5.74) is 0.238. The van der Waals surface area contributed by atoms with E-state index in [2.05, 4.69) is 10.1 Å². The zero-order chi connectivity index (χ0) is 13.8. The summed E-state index contributed by atoms with van der Waals surface area (Å²) in [6.07, 6.45) is 6.34. The highest BCUT2D eigenvalue weighted by Crippen LogP contribution is 1.95. The first-order valence-electron chi connectivity index (χ1n) is 5.13. The Morgan fingerprint density at radius 1 is 1.33 bits per heavy atom. The first-order chi connectivity index (χ1) is 8.74. The van der Waals surface area contributed by atoms with Crippen LogP contribution in [-0.4, -0.2) is 32.6 Å². The fraction of sp³-hybridized carbons (Fsp3) is 0.167. The third-order valence-electron chi connectivity index (χ3n) is 1.77. The summed E-state index contributed by atoms with van der Waals surface area (Å²) in [7, 11) is 0. The molecule has 2 heterocycles. The van der Waals surface area contributed by atoms with E-state index in [0.717, 1.165) is 0 Å². The van der Waals surface area contributed by atoms with E-state index in [1.54, 1.807) is 17.1 Å². The summed E-state index contributed by atoms with van der Waals surface area (Å²) in [6.45, 7) is 4.60. The summed E-state index contributed by atoms with van der Waals surface area (Å²) >= 11 is 0. The molecular weight excluding hydrogens is 234 g/mol. The molecule has 0 saturated carbocycles. The van der Waals surface area contributed by atoms with Crippen LogP contribution in [0.25, 0.3) is 0 Å². The Kier molecular flexibility index (Phi) is 8.36. The molecular formula is C12H15N3O3. The summed E-state index contributed by atoms with van der Waals surface area (Å²) in [5.74, 6) is -0.931. The van der Waals surface area contributed by atoms with Crippen molar-refractivity contribution in [3.8, 4) is 0 Å². The van der Waals surface area contributed by atoms with E-state index in [-0.39, 0.29) is 5.56 Å². The number of hydrogen-bond acceptors (Lipinski definition) is 4. The van der Waals surface area contributed by atoms with E-state index in [9.17, 15) is 4.79 Å². The molecule has 0 atom stereocenters. The summed E-state index contributed by atoms with van der Waals surface area (Å²) in [6, 6.07) is 5.72. The Labute approximate surface area is 105 Å². The van der Waals surface area contributed by atoms with Crippen molar-refractivity contribution in [3.05, 3.63) is 48.5 Å². The average Bonchev–Trinajstić information content (AvgIpc) is 2.93. The number of carbonyl (C=O) groups excluding carboxylic acids is 1. The van der Waals surface area contributed by atoms with Gasteiger partial charge >= 0.3 is 5.97 Å². The molecule has 2 aromatic heterocycles. The number of aryl methyl sites for hydroxylation is 1. The van der Waals surface area contributed by atoms with Crippen LogP contribution in [0.15, 0.2) is 43.0 Å². The van der Waals surface area contributed by atoms with Crippen molar-refractivity contribution in [1.82, 2.24) is 14.8 Å². The molecule has 6 nitrogen and oxygen atoms in total. The van der Waals surface area contributed by atoms with Gasteiger partial charge in [0.05, 0.1) is 11.8 Å². The fourth-order valence-electron chi connectivity index (χ4n) is 0.960. The molecule has 0 amide bonds. The Bertz CT molecular complexity index is 416. The second kappa shape index (κ2) is 9.71. The molecule has 96 valence electrons. The number of nitrogens with zero attached hydrogens (tertiary/aromatic N) is 3. The molecule has 0 bridgehead atoms. The van der Waals surface area contributed by atoms with Gasteiger partial charge in [-0.3, -0.25) is 9.67 Å². The molecule has 6 heteroatoms. The van der Waals surface area contributed by atoms with Crippen LogP contribution in [0.5, 0.6) is 0 Å². The van der Waals surface area contributed by atoms with Gasteiger partial charge in [-0.1, -0.05) is 6.07 Å². The molecule has 0 aliphatic carbocycles. The Hall–Kier alpha value is -2.50. The highest BCUT2D eigenvalue weighted by Gasteiger charge is 2.03. The van der Waals surface area contributed by atoms with Crippen molar-refractivity contribution in [3.63, 3.8) is 0 Å². The number of carboxylic acid groups (broad SMARTS) is 1. The van der Waals surface area contributed by atoms with Crippen molar-refractivity contribution in [2.24, 2.45) is 0 Å². The molecule has 0 fully saturated rings. The zero-order valence-corrected chi connectivity index (χ0v) is 10.1. The second-order valence-electron chi connectivity index (χ2n) is 2.91. The third-order valence-corrected chi connectivity index (χ3v) is 1.77. The van der Waals surface area contributed by atoms with E-state index in [1.165, 1.54) is 12.4 Å². The van der Waals surface area contributed by atoms with Crippen LogP contribution >= 0.6 is 0 Å². The molecule has 0 aromatic carbocycles. The Morgan fingerprint density at radius 2 is 1.94 bits per heavy atom. The van der Waals surface area contributed by atoms with Gasteiger partial charge in [-0.2, -0.15) is 5.10 Å². The first-order valence-corrected chi connectivity index (χ1v) is 5.13. The van der Waals surface area contributed by atoms with Crippen LogP contribution in [0.2, 0.25) is 0 Å². The Balaban J connectivity index is 0.000000308. The van der Waals surface area contributed by atoms with E-state index in [0.29, 0.717) is 6.54 Å². The van der Waals surface area contributed by atoms with Crippen molar-refractivity contribution in [2.45, 2.75) is 13.5 Å². The summed E-state index contributed by atoms with van der Waals surface area (Å²) < 4.78 is 1.57. The van der Waals surface area contributed by atoms with E-state index in [4.69, 9.17) is 9.90 Å². The van der Waals surface area contributed by atoms with Gasteiger partial charge in [-0.05, 0) is 19.1 Å². The predicted molar refractivity (Wildman–Crippen MR) is 66.2 cm³/mol. The SMILES string of the molecule is C=O.CCn1cc(C(=O)O)cn1.c1ccncc1. The normalized spacial score (nSPS) is 8.28. The number of pyridine rings is 1. The number of rotatable bonds is 2. The standard InChI is InChI=1S/C6H8N2O2.C5H5N.CH2O/c1-2-8-4-5(3-7-8)6(9)10;1-2-4-6-5-3-1;1-2/h3-4H,2H2,1H3,(H,9,10);1-5H;1H2. The lowest BCUT2D eigenvalue weighted by Crippen LogP contribution is -1.95. The molecule has 0 aliphatic rings. The first kappa shape index (κ1) is 15.5. The van der Waals surface area contributed by atoms with Gasteiger partial charge in [0.2, 0.25) is 0 Å². The van der Waals surface area contributed by atoms with Gasteiger partial charge in [0.15, 0.2) is 0 Å². The fourth-order valence-corrected chi connectivity index (χ4v) is 0.960. The molecule has 2 rings (SSSR count). The van der Waals surface area contributed by atoms with Crippen LogP contribution in [-0.2, 0) is 11.3 Å². The number of carboxylic acids is 1. The van der Waals surface area contributed by atoms with Crippen LogP contribution in [0.3, 0.4) is 0 Å². The number of aromatic nitrogens is 3. The maximum absolute atomic E-state index is 10.3. The number of carbonyl (C=O) groups is 2. The molecule has 0 radical (unpaired) electrons. The predicted octanol–water partition coefficient (Wildman–Crippen LogP) is 1.50. The Morgan fingerprint density at radius 3 is 2.17 bits per heavy atom. The van der Waals surface area contributed by atoms with Gasteiger partial charge in [-0.25, -0.2) is 4.79 Å². The maximum Gasteiger partial charge on any atom is 0.338 e. The number of hydrogen-bond donors (Lipinski definition) is 1. The lowest BCUT2D eigenvalue weighted by atomic mass is 10.4. The van der Waals surface area contributed by atoms with Gasteiger partial charge in [0.1, 0.15) is 6.79 Å². The van der Waals surface area contributed by atoms with Crippen molar-refractivity contribution >= 4 is 12.8 Å². The minimum atomic E-state index is -0.931. The highest BCUT2D eigenvalue weighted by atomic mass is 16.4. The minimum Gasteiger partial charge on any atom is -0.478 e. The lowest BCUT2D eigenvalue weighted by molar-refractivity contribution is -0.0980. The minimum absolute atomic E-state index is 0.238.